The second kappa shape index (κ2) is 7.63. The Balaban J connectivity index is 2.76. The van der Waals surface area contributed by atoms with Crippen LogP contribution in [0.25, 0.3) is 0 Å². The Kier molecular flexibility index (Phi) is 6.16. The fraction of sp³-hybridized carbons (Fsp3) is 0.308. The van der Waals surface area contributed by atoms with Gasteiger partial charge in [0.25, 0.3) is 0 Å². The summed E-state index contributed by atoms with van der Waals surface area (Å²) in [6, 6.07) is 3.25. The van der Waals surface area contributed by atoms with Gasteiger partial charge in [0.05, 0.1) is 6.42 Å². The van der Waals surface area contributed by atoms with Crippen LogP contribution in [-0.2, 0) is 16.0 Å². The SMILES string of the molecule is CCc1cc(Br)ccc1NC(=O)N[C@@H](CC(N)=O)C(=O)O. The molecular formula is C13H16BrN3O4. The normalized spacial score (nSPS) is 11.5. The number of hydrogen-bond donors (Lipinski definition) is 4. The van der Waals surface area contributed by atoms with Crippen LogP contribution < -0.4 is 16.4 Å². The summed E-state index contributed by atoms with van der Waals surface area (Å²) >= 11 is 3.33. The van der Waals surface area contributed by atoms with Crippen LogP contribution in [0, 0.1) is 0 Å². The third kappa shape index (κ3) is 5.42. The number of nitrogens with one attached hydrogen (secondary N) is 2. The van der Waals surface area contributed by atoms with Crippen LogP contribution in [0.3, 0.4) is 0 Å². The predicted octanol–water partition coefficient (Wildman–Crippen LogP) is 1.46. The largest absolute Gasteiger partial charge is 0.480 e. The number of halogens is 1. The number of hydrogen-bond acceptors (Lipinski definition) is 3. The number of carbonyl (C=O) groups is 3. The zero-order chi connectivity index (χ0) is 16.0. The van der Waals surface area contributed by atoms with Crippen molar-refractivity contribution >= 4 is 39.5 Å². The molecule has 7 nitrogen and oxygen atoms in total. The van der Waals surface area contributed by atoms with Crippen LogP contribution in [0.5, 0.6) is 0 Å². The van der Waals surface area contributed by atoms with Crippen molar-refractivity contribution in [2.75, 3.05) is 5.32 Å². The molecule has 0 saturated heterocycles. The maximum Gasteiger partial charge on any atom is 0.326 e. The number of urea groups is 1. The summed E-state index contributed by atoms with van der Waals surface area (Å²) < 4.78 is 0.877. The van der Waals surface area contributed by atoms with Crippen LogP contribution in [-0.4, -0.2) is 29.1 Å². The minimum absolute atomic E-state index is 0.469. The van der Waals surface area contributed by atoms with Gasteiger partial charge in [-0.15, -0.1) is 0 Å². The van der Waals surface area contributed by atoms with Crippen molar-refractivity contribution in [2.45, 2.75) is 25.8 Å². The van der Waals surface area contributed by atoms with Gasteiger partial charge >= 0.3 is 12.0 Å². The molecule has 0 aliphatic rings. The summed E-state index contributed by atoms with van der Waals surface area (Å²) in [5.41, 5.74) is 6.40. The number of aryl methyl sites for hydroxylation is 1. The molecule has 21 heavy (non-hydrogen) atoms. The Bertz CT molecular complexity index is 562. The molecule has 1 aromatic carbocycles. The summed E-state index contributed by atoms with van der Waals surface area (Å²) in [6.45, 7) is 1.93. The summed E-state index contributed by atoms with van der Waals surface area (Å²) in [7, 11) is 0. The minimum atomic E-state index is -1.36. The van der Waals surface area contributed by atoms with Crippen molar-refractivity contribution in [3.63, 3.8) is 0 Å². The van der Waals surface area contributed by atoms with E-state index in [-0.39, 0.29) is 0 Å². The van der Waals surface area contributed by atoms with Crippen molar-refractivity contribution in [1.29, 1.82) is 0 Å². The third-order valence-electron chi connectivity index (χ3n) is 2.71. The monoisotopic (exact) mass is 357 g/mol. The molecule has 0 aromatic heterocycles. The van der Waals surface area contributed by atoms with Gasteiger partial charge in [0.2, 0.25) is 5.91 Å². The molecule has 0 radical (unpaired) electrons. The number of amides is 3. The van der Waals surface area contributed by atoms with Crippen molar-refractivity contribution in [2.24, 2.45) is 5.73 Å². The van der Waals surface area contributed by atoms with Crippen molar-refractivity contribution in [1.82, 2.24) is 5.32 Å². The second-order valence-electron chi connectivity index (χ2n) is 4.31. The molecule has 0 spiro atoms. The molecule has 0 aliphatic heterocycles. The van der Waals surface area contributed by atoms with Gasteiger partial charge in [-0.05, 0) is 30.2 Å². The maximum atomic E-state index is 11.8. The summed E-state index contributed by atoms with van der Waals surface area (Å²) in [6.07, 6.45) is 0.225. The Morgan fingerprint density at radius 2 is 2.05 bits per heavy atom. The number of rotatable bonds is 6. The van der Waals surface area contributed by atoms with Gasteiger partial charge < -0.3 is 21.5 Å². The van der Waals surface area contributed by atoms with Gasteiger partial charge in [-0.1, -0.05) is 22.9 Å². The van der Waals surface area contributed by atoms with E-state index in [9.17, 15) is 14.4 Å². The highest BCUT2D eigenvalue weighted by atomic mass is 79.9. The second-order valence-corrected chi connectivity index (χ2v) is 5.23. The highest BCUT2D eigenvalue weighted by Crippen LogP contribution is 2.21. The molecule has 1 atom stereocenters. The van der Waals surface area contributed by atoms with Crippen LogP contribution in [0.15, 0.2) is 22.7 Å². The molecule has 0 unspecified atom stereocenters. The lowest BCUT2D eigenvalue weighted by Gasteiger charge is -2.15. The van der Waals surface area contributed by atoms with E-state index >= 15 is 0 Å². The van der Waals surface area contributed by atoms with Crippen molar-refractivity contribution < 1.29 is 19.5 Å². The zero-order valence-corrected chi connectivity index (χ0v) is 12.9. The number of anilines is 1. The predicted molar refractivity (Wildman–Crippen MR) is 80.9 cm³/mol. The molecule has 114 valence electrons. The van der Waals surface area contributed by atoms with Crippen molar-refractivity contribution in [3.8, 4) is 0 Å². The van der Waals surface area contributed by atoms with Crippen LogP contribution in [0.4, 0.5) is 10.5 Å². The van der Waals surface area contributed by atoms with E-state index in [0.717, 1.165) is 10.0 Å². The lowest BCUT2D eigenvalue weighted by atomic mass is 10.1. The highest BCUT2D eigenvalue weighted by Gasteiger charge is 2.22. The lowest BCUT2D eigenvalue weighted by molar-refractivity contribution is -0.140. The number of benzene rings is 1. The van der Waals surface area contributed by atoms with Gasteiger partial charge in [-0.25, -0.2) is 9.59 Å². The number of carboxylic acids is 1. The molecule has 0 saturated carbocycles. The lowest BCUT2D eigenvalue weighted by Crippen LogP contribution is -2.45. The Labute approximate surface area is 130 Å². The van der Waals surface area contributed by atoms with Gasteiger partial charge in [0.15, 0.2) is 0 Å². The average Bonchev–Trinajstić information content (AvgIpc) is 2.39. The Morgan fingerprint density at radius 3 is 2.57 bits per heavy atom. The van der Waals surface area contributed by atoms with Crippen LogP contribution in [0.2, 0.25) is 0 Å². The fourth-order valence-electron chi connectivity index (χ4n) is 1.69. The first-order chi connectivity index (χ1) is 9.83. The van der Waals surface area contributed by atoms with E-state index in [4.69, 9.17) is 10.8 Å². The Morgan fingerprint density at radius 1 is 1.38 bits per heavy atom. The average molecular weight is 358 g/mol. The van der Waals surface area contributed by atoms with Gasteiger partial charge in [0.1, 0.15) is 6.04 Å². The van der Waals surface area contributed by atoms with E-state index in [1.807, 2.05) is 13.0 Å². The van der Waals surface area contributed by atoms with E-state index in [1.54, 1.807) is 12.1 Å². The molecule has 0 heterocycles. The number of primary amides is 1. The maximum absolute atomic E-state index is 11.8. The molecule has 8 heteroatoms. The highest BCUT2D eigenvalue weighted by molar-refractivity contribution is 9.10. The topological polar surface area (TPSA) is 122 Å². The van der Waals surface area contributed by atoms with Gasteiger partial charge in [0, 0.05) is 10.2 Å². The first-order valence-corrected chi connectivity index (χ1v) is 6.99. The summed E-state index contributed by atoms with van der Waals surface area (Å²) in [5, 5.41) is 13.7. The minimum Gasteiger partial charge on any atom is -0.480 e. The number of carboxylic acid groups (broad SMARTS) is 1. The number of nitrogens with two attached hydrogens (primary N) is 1. The van der Waals surface area contributed by atoms with Crippen LogP contribution >= 0.6 is 15.9 Å². The first-order valence-electron chi connectivity index (χ1n) is 6.20. The number of aliphatic carboxylic acids is 1. The third-order valence-corrected chi connectivity index (χ3v) is 3.20. The van der Waals surface area contributed by atoms with Crippen LogP contribution in [0.1, 0.15) is 18.9 Å². The molecule has 0 bridgehead atoms. The molecule has 1 rings (SSSR count). The van der Waals surface area contributed by atoms with Gasteiger partial charge in [-0.3, -0.25) is 4.79 Å². The fourth-order valence-corrected chi connectivity index (χ4v) is 2.10. The quantitative estimate of drug-likeness (QED) is 0.615. The molecule has 1 aromatic rings. The molecular weight excluding hydrogens is 342 g/mol. The zero-order valence-electron chi connectivity index (χ0n) is 11.4. The molecule has 3 amide bonds. The van der Waals surface area contributed by atoms with Gasteiger partial charge in [-0.2, -0.15) is 0 Å². The number of carbonyl (C=O) groups excluding carboxylic acids is 2. The van der Waals surface area contributed by atoms with E-state index in [1.165, 1.54) is 0 Å². The first kappa shape index (κ1) is 17.0. The summed E-state index contributed by atoms with van der Waals surface area (Å²) in [5.74, 6) is -2.13. The van der Waals surface area contributed by atoms with E-state index in [2.05, 4.69) is 26.6 Å². The van der Waals surface area contributed by atoms with E-state index in [0.29, 0.717) is 12.1 Å². The van der Waals surface area contributed by atoms with Crippen molar-refractivity contribution in [3.05, 3.63) is 28.2 Å². The summed E-state index contributed by atoms with van der Waals surface area (Å²) in [4.78, 5) is 33.5. The smallest absolute Gasteiger partial charge is 0.326 e. The molecule has 0 aliphatic carbocycles. The molecule has 0 fully saturated rings. The standard InChI is InChI=1S/C13H16BrN3O4/c1-2-7-5-8(14)3-4-9(7)16-13(21)17-10(12(19)20)6-11(15)18/h3-5,10H,2,6H2,1H3,(H2,15,18)(H,19,20)(H2,16,17,21)/t10-/m0/s1. The molecule has 5 N–H and O–H groups in total. The Hall–Kier alpha value is -2.09. The van der Waals surface area contributed by atoms with E-state index < -0.39 is 30.4 Å².